The van der Waals surface area contributed by atoms with Crippen LogP contribution in [0, 0.1) is 16.7 Å². The third kappa shape index (κ3) is 2.83. The van der Waals surface area contributed by atoms with Gasteiger partial charge in [-0.3, -0.25) is 4.79 Å². The van der Waals surface area contributed by atoms with Crippen molar-refractivity contribution in [3.63, 3.8) is 0 Å². The molecule has 2 aromatic rings. The molecule has 3 atom stereocenters. The first kappa shape index (κ1) is 18.6. The molecular formula is C19H16BrNO4S. The summed E-state index contributed by atoms with van der Waals surface area (Å²) in [5, 5.41) is 8.62. The van der Waals surface area contributed by atoms with E-state index in [1.54, 1.807) is 49.4 Å². The van der Waals surface area contributed by atoms with E-state index in [0.717, 1.165) is 4.47 Å². The number of halogens is 1. The van der Waals surface area contributed by atoms with Crippen LogP contribution >= 0.6 is 15.9 Å². The third-order valence-electron chi connectivity index (χ3n) is 4.57. The summed E-state index contributed by atoms with van der Waals surface area (Å²) in [6.45, 7) is 1.70. The van der Waals surface area contributed by atoms with E-state index < -0.39 is 32.4 Å². The molecular weight excluding hydrogens is 418 g/mol. The van der Waals surface area contributed by atoms with E-state index in [4.69, 9.17) is 4.74 Å². The molecule has 0 bridgehead atoms. The van der Waals surface area contributed by atoms with Gasteiger partial charge in [0.25, 0.3) is 0 Å². The third-order valence-corrected chi connectivity index (χ3v) is 7.34. The van der Waals surface area contributed by atoms with Crippen LogP contribution in [0.15, 0.2) is 64.0 Å². The van der Waals surface area contributed by atoms with Gasteiger partial charge in [0.15, 0.2) is 15.3 Å². The monoisotopic (exact) mass is 433 g/mol. The zero-order valence-electron chi connectivity index (χ0n) is 13.9. The highest BCUT2D eigenvalue weighted by atomic mass is 79.9. The lowest BCUT2D eigenvalue weighted by Crippen LogP contribution is -2.25. The number of hydrogen-bond donors (Lipinski definition) is 0. The minimum absolute atomic E-state index is 0.0768. The SMILES string of the molecule is CCOC(=O)[C@]1(C#N)[C@@H](c2ccc(Br)cc2)[C@@H]1S(=O)(=O)c1ccccc1. The number of carbonyl (C=O) groups is 1. The standard InChI is InChI=1S/C19H16BrNO4S/c1-2-25-18(22)19(12-21)16(13-8-10-14(20)11-9-13)17(19)26(23,24)15-6-4-3-5-7-15/h3-11,16-17H,2H2,1H3/t16-,17-,19+/m0/s1. The van der Waals surface area contributed by atoms with Crippen LogP contribution in [0.4, 0.5) is 0 Å². The lowest BCUT2D eigenvalue weighted by molar-refractivity contribution is -0.147. The molecule has 0 heterocycles. The van der Waals surface area contributed by atoms with Crippen molar-refractivity contribution >= 4 is 31.7 Å². The summed E-state index contributed by atoms with van der Waals surface area (Å²) in [5.41, 5.74) is -1.12. The average molecular weight is 434 g/mol. The number of ether oxygens (including phenoxy) is 1. The summed E-state index contributed by atoms with van der Waals surface area (Å²) < 4.78 is 32.2. The van der Waals surface area contributed by atoms with Gasteiger partial charge in [0, 0.05) is 10.4 Å². The van der Waals surface area contributed by atoms with Gasteiger partial charge in [-0.1, -0.05) is 46.3 Å². The second kappa shape index (κ2) is 6.86. The van der Waals surface area contributed by atoms with Crippen molar-refractivity contribution in [1.29, 1.82) is 5.26 Å². The molecule has 0 N–H and O–H groups in total. The smallest absolute Gasteiger partial charge is 0.328 e. The number of carbonyl (C=O) groups excluding carboxylic acids is 1. The molecule has 7 heteroatoms. The van der Waals surface area contributed by atoms with E-state index in [2.05, 4.69) is 15.9 Å². The Hall–Kier alpha value is -2.17. The van der Waals surface area contributed by atoms with Gasteiger partial charge in [0.05, 0.1) is 17.6 Å². The zero-order chi connectivity index (χ0) is 18.9. The van der Waals surface area contributed by atoms with Gasteiger partial charge < -0.3 is 4.74 Å². The van der Waals surface area contributed by atoms with E-state index in [1.807, 2.05) is 6.07 Å². The number of nitrogens with zero attached hydrogens (tertiary/aromatic N) is 1. The molecule has 1 aliphatic rings. The molecule has 1 fully saturated rings. The van der Waals surface area contributed by atoms with E-state index in [9.17, 15) is 18.5 Å². The Morgan fingerprint density at radius 3 is 2.35 bits per heavy atom. The van der Waals surface area contributed by atoms with Crippen LogP contribution < -0.4 is 0 Å². The fraction of sp³-hybridized carbons (Fsp3) is 0.263. The first-order valence-corrected chi connectivity index (χ1v) is 10.4. The Labute approximate surface area is 160 Å². The van der Waals surface area contributed by atoms with E-state index in [0.29, 0.717) is 5.56 Å². The molecule has 0 amide bonds. The van der Waals surface area contributed by atoms with E-state index in [-0.39, 0.29) is 11.5 Å². The molecule has 2 aromatic carbocycles. The molecule has 0 aliphatic heterocycles. The van der Waals surface area contributed by atoms with E-state index in [1.165, 1.54) is 12.1 Å². The van der Waals surface area contributed by atoms with Crippen LogP contribution in [0.25, 0.3) is 0 Å². The molecule has 0 aromatic heterocycles. The molecule has 0 saturated heterocycles. The van der Waals surface area contributed by atoms with Crippen LogP contribution in [0.5, 0.6) is 0 Å². The molecule has 26 heavy (non-hydrogen) atoms. The molecule has 5 nitrogen and oxygen atoms in total. The maximum atomic E-state index is 13.2. The Bertz CT molecular complexity index is 967. The van der Waals surface area contributed by atoms with Crippen LogP contribution in [-0.4, -0.2) is 26.2 Å². The molecule has 1 saturated carbocycles. The summed E-state index contributed by atoms with van der Waals surface area (Å²) in [4.78, 5) is 12.7. The van der Waals surface area contributed by atoms with Gasteiger partial charge in [-0.15, -0.1) is 0 Å². The highest BCUT2D eigenvalue weighted by Gasteiger charge is 2.77. The van der Waals surface area contributed by atoms with E-state index >= 15 is 0 Å². The maximum Gasteiger partial charge on any atom is 0.328 e. The highest BCUT2D eigenvalue weighted by molar-refractivity contribution is 9.10. The van der Waals surface area contributed by atoms with Crippen molar-refractivity contribution in [3.8, 4) is 6.07 Å². The maximum absolute atomic E-state index is 13.2. The molecule has 0 unspecified atom stereocenters. The Kier molecular flexibility index (Phi) is 4.91. The first-order valence-electron chi connectivity index (χ1n) is 8.02. The molecule has 1 aliphatic carbocycles. The van der Waals surface area contributed by atoms with Crippen molar-refractivity contribution in [2.24, 2.45) is 5.41 Å². The van der Waals surface area contributed by atoms with Crippen LogP contribution in [0.3, 0.4) is 0 Å². The van der Waals surface area contributed by atoms with Gasteiger partial charge in [0.2, 0.25) is 0 Å². The number of sulfone groups is 1. The molecule has 3 rings (SSSR count). The number of hydrogen-bond acceptors (Lipinski definition) is 5. The van der Waals surface area contributed by atoms with Gasteiger partial charge in [-0.2, -0.15) is 5.26 Å². The number of benzene rings is 2. The van der Waals surface area contributed by atoms with Gasteiger partial charge in [0.1, 0.15) is 5.25 Å². The summed E-state index contributed by atoms with van der Waals surface area (Å²) >= 11 is 3.33. The summed E-state index contributed by atoms with van der Waals surface area (Å²) in [7, 11) is -3.89. The predicted octanol–water partition coefficient (Wildman–Crippen LogP) is 3.46. The van der Waals surface area contributed by atoms with Crippen LogP contribution in [0.1, 0.15) is 18.4 Å². The van der Waals surface area contributed by atoms with Crippen LogP contribution in [-0.2, 0) is 19.4 Å². The quantitative estimate of drug-likeness (QED) is 0.673. The molecule has 0 radical (unpaired) electrons. The average Bonchev–Trinajstić information content (AvgIpc) is 3.35. The largest absolute Gasteiger partial charge is 0.465 e. The summed E-state index contributed by atoms with van der Waals surface area (Å²) in [6.07, 6.45) is 0. The summed E-state index contributed by atoms with van der Waals surface area (Å²) in [5.74, 6) is -1.57. The fourth-order valence-electron chi connectivity index (χ4n) is 3.32. The first-order chi connectivity index (χ1) is 12.4. The second-order valence-corrected chi connectivity index (χ2v) is 8.99. The van der Waals surface area contributed by atoms with Crippen molar-refractivity contribution in [1.82, 2.24) is 0 Å². The van der Waals surface area contributed by atoms with Crippen molar-refractivity contribution < 1.29 is 17.9 Å². The van der Waals surface area contributed by atoms with Crippen LogP contribution in [0.2, 0.25) is 0 Å². The van der Waals surface area contributed by atoms with Gasteiger partial charge in [-0.25, -0.2) is 8.42 Å². The zero-order valence-corrected chi connectivity index (χ0v) is 16.3. The number of nitriles is 1. The Morgan fingerprint density at radius 1 is 1.19 bits per heavy atom. The summed E-state index contributed by atoms with van der Waals surface area (Å²) in [6, 6.07) is 16.8. The minimum Gasteiger partial charge on any atom is -0.465 e. The lowest BCUT2D eigenvalue weighted by Gasteiger charge is -2.09. The highest BCUT2D eigenvalue weighted by Crippen LogP contribution is 2.64. The van der Waals surface area contributed by atoms with Gasteiger partial charge in [-0.05, 0) is 36.8 Å². The number of esters is 1. The molecule has 134 valence electrons. The molecule has 0 spiro atoms. The lowest BCUT2D eigenvalue weighted by atomic mass is 10.0. The Balaban J connectivity index is 2.13. The second-order valence-electron chi connectivity index (χ2n) is 6.01. The van der Waals surface area contributed by atoms with Crippen molar-refractivity contribution in [2.75, 3.05) is 6.61 Å². The van der Waals surface area contributed by atoms with Gasteiger partial charge >= 0.3 is 5.97 Å². The normalized spacial score (nSPS) is 24.5. The topological polar surface area (TPSA) is 84.2 Å². The minimum atomic E-state index is -3.89. The Morgan fingerprint density at radius 2 is 1.81 bits per heavy atom. The predicted molar refractivity (Wildman–Crippen MR) is 99.0 cm³/mol. The van der Waals surface area contributed by atoms with Crippen molar-refractivity contribution in [2.45, 2.75) is 23.0 Å². The fourth-order valence-corrected chi connectivity index (χ4v) is 5.85. The van der Waals surface area contributed by atoms with Crippen molar-refractivity contribution in [3.05, 3.63) is 64.6 Å². The number of rotatable bonds is 5.